The monoisotopic (exact) mass is 666 g/mol. The highest BCUT2D eigenvalue weighted by molar-refractivity contribution is 5.71. The number of ether oxygens (including phenoxy) is 2. The highest BCUT2D eigenvalue weighted by Gasteiger charge is 2.23. The molecular formula is C25H26N22O2. The molecule has 0 amide bonds. The maximum absolute atomic E-state index is 5.80. The van der Waals surface area contributed by atoms with Gasteiger partial charge in [0.2, 0.25) is 78.2 Å². The zero-order valence-corrected chi connectivity index (χ0v) is 25.0. The molecule has 0 unspecified atom stereocenters. The zero-order valence-electron chi connectivity index (χ0n) is 25.0. The highest BCUT2D eigenvalue weighted by Crippen LogP contribution is 2.33. The number of hydrogen-bond donors (Lipinski definition) is 8. The molecule has 49 heavy (non-hydrogen) atoms. The van der Waals surface area contributed by atoms with Gasteiger partial charge in [-0.2, -0.15) is 59.8 Å². The van der Waals surface area contributed by atoms with Crippen molar-refractivity contribution in [1.29, 1.82) is 0 Å². The Morgan fingerprint density at radius 3 is 0.796 bits per heavy atom. The smallest absolute Gasteiger partial charge is 0.243 e. The normalized spacial score (nSPS) is 10.8. The van der Waals surface area contributed by atoms with Gasteiger partial charge in [0.25, 0.3) is 0 Å². The quantitative estimate of drug-likeness (QED) is 0.0848. The molecule has 0 spiro atoms. The Kier molecular flexibility index (Phi) is 8.14. The summed E-state index contributed by atoms with van der Waals surface area (Å²) in [5.41, 5.74) is 47.3. The molecule has 0 bridgehead atoms. The lowest BCUT2D eigenvalue weighted by Crippen LogP contribution is -2.20. The van der Waals surface area contributed by atoms with Crippen molar-refractivity contribution >= 4 is 82.8 Å². The van der Waals surface area contributed by atoms with E-state index in [-0.39, 0.29) is 78.2 Å². The van der Waals surface area contributed by atoms with E-state index in [2.05, 4.69) is 59.8 Å². The topological polar surface area (TPSA) is 388 Å². The van der Waals surface area contributed by atoms with Gasteiger partial charge >= 0.3 is 0 Å². The number of benzene rings is 2. The summed E-state index contributed by atoms with van der Waals surface area (Å²) in [6, 6.07) is 13.3. The molecule has 16 N–H and O–H groups in total. The van der Waals surface area contributed by atoms with Gasteiger partial charge in [0.05, 0.1) is 11.4 Å². The third-order valence-corrected chi connectivity index (χ3v) is 6.07. The summed E-state index contributed by atoms with van der Waals surface area (Å²) >= 11 is 0. The number of hydrogen-bond acceptors (Lipinski definition) is 24. The minimum atomic E-state index is -0.158. The van der Waals surface area contributed by atoms with Crippen molar-refractivity contribution in [3.63, 3.8) is 0 Å². The molecule has 4 heterocycles. The second-order valence-electron chi connectivity index (χ2n) is 9.47. The maximum Gasteiger partial charge on any atom is 0.243 e. The summed E-state index contributed by atoms with van der Waals surface area (Å²) in [4.78, 5) is 51.2. The Balaban J connectivity index is 1.18. The van der Waals surface area contributed by atoms with Gasteiger partial charge in [0.1, 0.15) is 11.5 Å². The van der Waals surface area contributed by atoms with Gasteiger partial charge in [-0.25, -0.2) is 9.80 Å². The minimum absolute atomic E-state index is 0.0128. The predicted octanol–water partition coefficient (Wildman–Crippen LogP) is -0.561. The number of aromatic nitrogens is 12. The van der Waals surface area contributed by atoms with Crippen molar-refractivity contribution in [3.05, 3.63) is 48.5 Å². The summed E-state index contributed by atoms with van der Waals surface area (Å²) < 4.78 is 11.6. The Labute approximate surface area is 274 Å². The number of nitrogens with zero attached hydrogens (tertiary/aromatic N) is 14. The van der Waals surface area contributed by atoms with Crippen molar-refractivity contribution in [2.45, 2.75) is 0 Å². The van der Waals surface area contributed by atoms with E-state index in [0.29, 0.717) is 22.9 Å². The first-order valence-electron chi connectivity index (χ1n) is 13.6. The molecule has 24 nitrogen and oxygen atoms in total. The molecule has 0 aliphatic rings. The highest BCUT2D eigenvalue weighted by atomic mass is 16.7. The van der Waals surface area contributed by atoms with Crippen LogP contribution < -0.4 is 65.1 Å². The fourth-order valence-corrected chi connectivity index (χ4v) is 4.18. The fourth-order valence-electron chi connectivity index (χ4n) is 4.18. The van der Waals surface area contributed by atoms with Gasteiger partial charge in [-0.1, -0.05) is 0 Å². The first kappa shape index (κ1) is 31.1. The Hall–Kier alpha value is -7.92. The molecule has 0 aliphatic carbocycles. The number of nitrogens with two attached hydrogens (primary N) is 8. The second kappa shape index (κ2) is 12.8. The number of anilines is 14. The summed E-state index contributed by atoms with van der Waals surface area (Å²) in [5.74, 6) is -0.0449. The van der Waals surface area contributed by atoms with E-state index in [1.165, 1.54) is 9.80 Å². The van der Waals surface area contributed by atoms with Gasteiger partial charge in [0.15, 0.2) is 0 Å². The zero-order chi connectivity index (χ0) is 34.7. The number of rotatable bonds is 10. The van der Waals surface area contributed by atoms with Crippen molar-refractivity contribution < 1.29 is 9.47 Å². The standard InChI is InChI=1S/C25H26N22O2/c26-14-34-15(27)39-22(38-14)46(23-40-16(28)35-17(29)41-23)10-1-5-12(6-2-10)48-9-49-13-7-3-11(4-8-13)47(24-42-18(30)36-19(31)43-24)25-44-20(32)37-21(33)45-25/h1-8H,9H2,(H4,26,27,34,38,39)(H4,28,29,35,40,41)(H4,30,31,36,42,43)(H4,32,33,37,44,45). The van der Waals surface area contributed by atoms with Crippen LogP contribution in [0.4, 0.5) is 82.8 Å². The molecule has 248 valence electrons. The van der Waals surface area contributed by atoms with E-state index >= 15 is 0 Å². The molecule has 0 saturated carbocycles. The van der Waals surface area contributed by atoms with Crippen molar-refractivity contribution in [2.75, 3.05) is 62.5 Å². The van der Waals surface area contributed by atoms with Crippen LogP contribution in [-0.4, -0.2) is 66.6 Å². The molecule has 2 aromatic carbocycles. The van der Waals surface area contributed by atoms with E-state index in [9.17, 15) is 0 Å². The molecule has 6 rings (SSSR count). The molecule has 0 atom stereocenters. The molecule has 4 aromatic heterocycles. The lowest BCUT2D eigenvalue weighted by molar-refractivity contribution is 0.120. The van der Waals surface area contributed by atoms with Gasteiger partial charge in [-0.05, 0) is 48.5 Å². The molecule has 0 radical (unpaired) electrons. The average Bonchev–Trinajstić information content (AvgIpc) is 3.01. The minimum Gasteiger partial charge on any atom is -0.458 e. The lowest BCUT2D eigenvalue weighted by atomic mass is 10.3. The Morgan fingerprint density at radius 2 is 0.571 bits per heavy atom. The molecule has 6 aromatic rings. The van der Waals surface area contributed by atoms with Gasteiger partial charge in [-0.3, -0.25) is 0 Å². The van der Waals surface area contributed by atoms with Crippen LogP contribution in [0.25, 0.3) is 0 Å². The molecule has 0 saturated heterocycles. The molecular weight excluding hydrogens is 640 g/mol. The third kappa shape index (κ3) is 7.16. The van der Waals surface area contributed by atoms with E-state index in [1.807, 2.05) is 0 Å². The fraction of sp³-hybridized carbons (Fsp3) is 0.0400. The van der Waals surface area contributed by atoms with E-state index in [0.717, 1.165) is 0 Å². The molecule has 0 aliphatic heterocycles. The van der Waals surface area contributed by atoms with Gasteiger partial charge in [-0.15, -0.1) is 0 Å². The van der Waals surface area contributed by atoms with Crippen molar-refractivity contribution in [2.24, 2.45) is 0 Å². The summed E-state index contributed by atoms with van der Waals surface area (Å²) in [7, 11) is 0. The van der Waals surface area contributed by atoms with Gasteiger partial charge in [0, 0.05) is 0 Å². The molecule has 24 heteroatoms. The van der Waals surface area contributed by atoms with Crippen LogP contribution in [0.3, 0.4) is 0 Å². The van der Waals surface area contributed by atoms with Crippen LogP contribution in [0.5, 0.6) is 11.5 Å². The first-order chi connectivity index (χ1) is 23.5. The largest absolute Gasteiger partial charge is 0.458 e. The van der Waals surface area contributed by atoms with E-state index in [1.54, 1.807) is 48.5 Å². The third-order valence-electron chi connectivity index (χ3n) is 6.07. The lowest BCUT2D eigenvalue weighted by Gasteiger charge is -2.21. The predicted molar refractivity (Wildman–Crippen MR) is 177 cm³/mol. The van der Waals surface area contributed by atoms with Crippen LogP contribution in [0.15, 0.2) is 48.5 Å². The second-order valence-corrected chi connectivity index (χ2v) is 9.47. The van der Waals surface area contributed by atoms with Crippen LogP contribution >= 0.6 is 0 Å². The summed E-state index contributed by atoms with van der Waals surface area (Å²) in [6.07, 6.45) is 0. The van der Waals surface area contributed by atoms with Gasteiger partial charge < -0.3 is 55.3 Å². The van der Waals surface area contributed by atoms with E-state index in [4.69, 9.17) is 55.3 Å². The summed E-state index contributed by atoms with van der Waals surface area (Å²) in [6.45, 7) is -0.158. The van der Waals surface area contributed by atoms with Crippen LogP contribution in [0, 0.1) is 0 Å². The van der Waals surface area contributed by atoms with Crippen LogP contribution in [-0.2, 0) is 0 Å². The van der Waals surface area contributed by atoms with Crippen LogP contribution in [0.1, 0.15) is 0 Å². The first-order valence-corrected chi connectivity index (χ1v) is 13.6. The Bertz CT molecular complexity index is 1780. The average molecular weight is 667 g/mol. The van der Waals surface area contributed by atoms with E-state index < -0.39 is 0 Å². The Morgan fingerprint density at radius 1 is 0.347 bits per heavy atom. The number of nitrogen functional groups attached to an aromatic ring is 8. The SMILES string of the molecule is Nc1nc(N)nc(N(c2ccc(OCOc3ccc(N(c4nc(N)nc(N)n4)c4nc(N)nc(N)n4)cc3)cc2)c2nc(N)nc(N)n2)n1. The van der Waals surface area contributed by atoms with Crippen molar-refractivity contribution in [3.8, 4) is 11.5 Å². The summed E-state index contributed by atoms with van der Waals surface area (Å²) in [5, 5.41) is 0. The molecule has 0 fully saturated rings. The maximum atomic E-state index is 5.80. The van der Waals surface area contributed by atoms with Crippen LogP contribution in [0.2, 0.25) is 0 Å². The van der Waals surface area contributed by atoms with Crippen molar-refractivity contribution in [1.82, 2.24) is 59.8 Å².